The Morgan fingerprint density at radius 3 is 2.79 bits per heavy atom. The molecule has 1 aromatic rings. The van der Waals surface area contributed by atoms with Crippen LogP contribution in [0, 0.1) is 0 Å². The fourth-order valence-corrected chi connectivity index (χ4v) is 2.57. The first-order valence-corrected chi connectivity index (χ1v) is 6.90. The van der Waals surface area contributed by atoms with E-state index in [2.05, 4.69) is 41.4 Å². The molecule has 3 atom stereocenters. The van der Waals surface area contributed by atoms with E-state index in [1.54, 1.807) is 6.92 Å². The highest BCUT2D eigenvalue weighted by Gasteiger charge is 2.30. The molecule has 4 heteroatoms. The molecule has 2 rings (SSSR count). The highest BCUT2D eigenvalue weighted by molar-refractivity contribution is 5.81. The maximum Gasteiger partial charge on any atom is 0.236 e. The van der Waals surface area contributed by atoms with Crippen LogP contribution in [0.5, 0.6) is 0 Å². The summed E-state index contributed by atoms with van der Waals surface area (Å²) in [4.78, 5) is 14.0. The van der Waals surface area contributed by atoms with E-state index in [4.69, 9.17) is 5.73 Å². The van der Waals surface area contributed by atoms with E-state index >= 15 is 0 Å². The molecule has 3 N–H and O–H groups in total. The van der Waals surface area contributed by atoms with Crippen LogP contribution in [0.25, 0.3) is 0 Å². The van der Waals surface area contributed by atoms with E-state index in [1.165, 1.54) is 5.56 Å². The van der Waals surface area contributed by atoms with Crippen molar-refractivity contribution in [2.75, 3.05) is 6.54 Å². The zero-order chi connectivity index (χ0) is 13.8. The van der Waals surface area contributed by atoms with E-state index in [0.29, 0.717) is 6.04 Å². The number of hydrogen-bond donors (Lipinski definition) is 2. The van der Waals surface area contributed by atoms with Gasteiger partial charge in [0.1, 0.15) is 0 Å². The topological polar surface area (TPSA) is 58.4 Å². The van der Waals surface area contributed by atoms with Gasteiger partial charge in [-0.1, -0.05) is 30.3 Å². The summed E-state index contributed by atoms with van der Waals surface area (Å²) in [6.45, 7) is 5.76. The van der Waals surface area contributed by atoms with Crippen LogP contribution in [0.3, 0.4) is 0 Å². The molecule has 0 aromatic heterocycles. The van der Waals surface area contributed by atoms with E-state index < -0.39 is 6.04 Å². The minimum atomic E-state index is -0.432. The number of nitrogens with two attached hydrogens (primary N) is 1. The molecular formula is C15H23N3O. The minimum absolute atomic E-state index is 0.0567. The Hall–Kier alpha value is -1.39. The van der Waals surface area contributed by atoms with Gasteiger partial charge in [0, 0.05) is 25.2 Å². The molecule has 0 bridgehead atoms. The van der Waals surface area contributed by atoms with Crippen molar-refractivity contribution in [3.63, 3.8) is 0 Å². The van der Waals surface area contributed by atoms with Gasteiger partial charge in [-0.25, -0.2) is 0 Å². The summed E-state index contributed by atoms with van der Waals surface area (Å²) in [5, 5.41) is 3.02. The maximum atomic E-state index is 11.6. The third-order valence-corrected chi connectivity index (χ3v) is 3.69. The molecule has 19 heavy (non-hydrogen) atoms. The smallest absolute Gasteiger partial charge is 0.236 e. The van der Waals surface area contributed by atoms with Gasteiger partial charge in [0.25, 0.3) is 0 Å². The normalized spacial score (nSPS) is 25.2. The lowest BCUT2D eigenvalue weighted by molar-refractivity contribution is -0.122. The van der Waals surface area contributed by atoms with Gasteiger partial charge in [-0.15, -0.1) is 0 Å². The molecule has 2 unspecified atom stereocenters. The van der Waals surface area contributed by atoms with Crippen molar-refractivity contribution >= 4 is 5.91 Å². The molecule has 1 fully saturated rings. The van der Waals surface area contributed by atoms with Gasteiger partial charge >= 0.3 is 0 Å². The average Bonchev–Trinajstić information content (AvgIpc) is 2.71. The highest BCUT2D eigenvalue weighted by Crippen LogP contribution is 2.20. The number of nitrogens with zero attached hydrogens (tertiary/aromatic N) is 1. The molecule has 0 spiro atoms. The molecule has 0 radical (unpaired) electrons. The zero-order valence-electron chi connectivity index (χ0n) is 11.7. The largest absolute Gasteiger partial charge is 0.351 e. The number of likely N-dealkylation sites (tertiary alicyclic amines) is 1. The van der Waals surface area contributed by atoms with E-state index in [0.717, 1.165) is 19.5 Å². The number of nitrogens with one attached hydrogen (secondary N) is 1. The fourth-order valence-electron chi connectivity index (χ4n) is 2.57. The van der Waals surface area contributed by atoms with Crippen molar-refractivity contribution in [2.45, 2.75) is 44.9 Å². The summed E-state index contributed by atoms with van der Waals surface area (Å²) < 4.78 is 0. The van der Waals surface area contributed by atoms with Crippen molar-refractivity contribution in [3.8, 4) is 0 Å². The SMILES string of the molecule is CC1CC(NC(=O)[C@@H](C)N)CN1Cc1ccccc1. The zero-order valence-corrected chi connectivity index (χ0v) is 11.7. The Morgan fingerprint density at radius 1 is 1.47 bits per heavy atom. The standard InChI is InChI=1S/C15H23N3O/c1-11-8-14(17-15(19)12(2)16)10-18(11)9-13-6-4-3-5-7-13/h3-7,11-12,14H,8-10,16H2,1-2H3,(H,17,19)/t11?,12-,14?/m1/s1. The van der Waals surface area contributed by atoms with Crippen molar-refractivity contribution in [1.82, 2.24) is 10.2 Å². The predicted molar refractivity (Wildman–Crippen MR) is 76.5 cm³/mol. The second-order valence-electron chi connectivity index (χ2n) is 5.49. The Morgan fingerprint density at radius 2 is 2.16 bits per heavy atom. The molecule has 1 aromatic carbocycles. The lowest BCUT2D eigenvalue weighted by Crippen LogP contribution is -2.44. The number of benzene rings is 1. The van der Waals surface area contributed by atoms with Crippen LogP contribution in [0.2, 0.25) is 0 Å². The van der Waals surface area contributed by atoms with Gasteiger partial charge in [-0.3, -0.25) is 9.69 Å². The molecule has 1 aliphatic heterocycles. The van der Waals surface area contributed by atoms with Crippen LogP contribution in [0.1, 0.15) is 25.8 Å². The number of hydrogen-bond acceptors (Lipinski definition) is 3. The molecule has 0 saturated carbocycles. The van der Waals surface area contributed by atoms with E-state index in [-0.39, 0.29) is 11.9 Å². The Labute approximate surface area is 115 Å². The predicted octanol–water partition coefficient (Wildman–Crippen LogP) is 1.11. The molecule has 1 aliphatic rings. The van der Waals surface area contributed by atoms with Gasteiger partial charge in [0.2, 0.25) is 5.91 Å². The Kier molecular flexibility index (Phi) is 4.56. The van der Waals surface area contributed by atoms with Crippen molar-refractivity contribution in [3.05, 3.63) is 35.9 Å². The van der Waals surface area contributed by atoms with E-state index in [9.17, 15) is 4.79 Å². The molecule has 4 nitrogen and oxygen atoms in total. The summed E-state index contributed by atoms with van der Waals surface area (Å²) in [7, 11) is 0. The number of carbonyl (C=O) groups excluding carboxylic acids is 1. The lowest BCUT2D eigenvalue weighted by Gasteiger charge is -2.21. The number of rotatable bonds is 4. The monoisotopic (exact) mass is 261 g/mol. The van der Waals surface area contributed by atoms with Gasteiger partial charge < -0.3 is 11.1 Å². The van der Waals surface area contributed by atoms with Crippen LogP contribution < -0.4 is 11.1 Å². The quantitative estimate of drug-likeness (QED) is 0.853. The number of carbonyl (C=O) groups is 1. The summed E-state index contributed by atoms with van der Waals surface area (Å²) in [5.74, 6) is -0.0567. The van der Waals surface area contributed by atoms with E-state index in [1.807, 2.05) is 6.07 Å². The van der Waals surface area contributed by atoms with Gasteiger partial charge in [-0.05, 0) is 25.8 Å². The van der Waals surface area contributed by atoms with Crippen LogP contribution in [0.4, 0.5) is 0 Å². The molecule has 0 aliphatic carbocycles. The summed E-state index contributed by atoms with van der Waals surface area (Å²) in [5.41, 5.74) is 6.89. The summed E-state index contributed by atoms with van der Waals surface area (Å²) in [6.07, 6.45) is 0.991. The molecule has 1 saturated heterocycles. The Bertz CT molecular complexity index is 419. The fraction of sp³-hybridized carbons (Fsp3) is 0.533. The van der Waals surface area contributed by atoms with Crippen molar-refractivity contribution in [1.29, 1.82) is 0 Å². The first kappa shape index (κ1) is 14.0. The highest BCUT2D eigenvalue weighted by atomic mass is 16.2. The first-order valence-electron chi connectivity index (χ1n) is 6.90. The van der Waals surface area contributed by atoms with Crippen LogP contribution in [-0.4, -0.2) is 35.5 Å². The van der Waals surface area contributed by atoms with Crippen LogP contribution in [0.15, 0.2) is 30.3 Å². The van der Waals surface area contributed by atoms with Crippen LogP contribution >= 0.6 is 0 Å². The molecular weight excluding hydrogens is 238 g/mol. The minimum Gasteiger partial charge on any atom is -0.351 e. The number of amides is 1. The summed E-state index contributed by atoms with van der Waals surface area (Å²) in [6, 6.07) is 10.7. The average molecular weight is 261 g/mol. The van der Waals surface area contributed by atoms with Crippen molar-refractivity contribution in [2.24, 2.45) is 5.73 Å². The second kappa shape index (κ2) is 6.17. The Balaban J connectivity index is 1.89. The molecule has 1 amide bonds. The third-order valence-electron chi connectivity index (χ3n) is 3.69. The van der Waals surface area contributed by atoms with Crippen LogP contribution in [-0.2, 0) is 11.3 Å². The summed E-state index contributed by atoms with van der Waals surface area (Å²) >= 11 is 0. The molecule has 1 heterocycles. The van der Waals surface area contributed by atoms with Gasteiger partial charge in [0.15, 0.2) is 0 Å². The maximum absolute atomic E-state index is 11.6. The lowest BCUT2D eigenvalue weighted by atomic mass is 10.2. The van der Waals surface area contributed by atoms with Gasteiger partial charge in [-0.2, -0.15) is 0 Å². The van der Waals surface area contributed by atoms with Gasteiger partial charge in [0.05, 0.1) is 6.04 Å². The second-order valence-corrected chi connectivity index (χ2v) is 5.49. The first-order chi connectivity index (χ1) is 9.06. The third kappa shape index (κ3) is 3.78. The van der Waals surface area contributed by atoms with Crippen molar-refractivity contribution < 1.29 is 4.79 Å². The molecule has 104 valence electrons.